The summed E-state index contributed by atoms with van der Waals surface area (Å²) in [4.78, 5) is 12.3. The number of nitrogens with zero attached hydrogens (tertiary/aromatic N) is 4. The zero-order chi connectivity index (χ0) is 11.4. The summed E-state index contributed by atoms with van der Waals surface area (Å²) in [5.74, 6) is 0.334. The Kier molecular flexibility index (Phi) is 2.92. The summed E-state index contributed by atoms with van der Waals surface area (Å²) in [6.45, 7) is 0. The van der Waals surface area contributed by atoms with Crippen LogP contribution in [0.4, 0.5) is 17.8 Å². The Bertz CT molecular complexity index is 473. The van der Waals surface area contributed by atoms with Gasteiger partial charge in [0.15, 0.2) is 0 Å². The Balaban J connectivity index is 2.04. The molecule has 16 heavy (non-hydrogen) atoms. The molecule has 0 fully saturated rings. The van der Waals surface area contributed by atoms with E-state index in [9.17, 15) is 0 Å². The molecule has 2 rings (SSSR count). The van der Waals surface area contributed by atoms with Gasteiger partial charge in [-0.2, -0.15) is 20.1 Å². The first kappa shape index (κ1) is 10.3. The molecular formula is C8H9N7S. The fourth-order valence-corrected chi connectivity index (χ4v) is 1.56. The molecule has 0 saturated carbocycles. The Morgan fingerprint density at radius 2 is 2.00 bits per heavy atom. The second kappa shape index (κ2) is 4.53. The number of nitrogens with one attached hydrogen (secondary N) is 1. The molecular weight excluding hydrogens is 226 g/mol. The predicted molar refractivity (Wildman–Crippen MR) is 64.2 cm³/mol. The van der Waals surface area contributed by atoms with Crippen LogP contribution in [0, 0.1) is 0 Å². The zero-order valence-corrected chi connectivity index (χ0v) is 8.98. The highest BCUT2D eigenvalue weighted by molar-refractivity contribution is 7.11. The minimum Gasteiger partial charge on any atom is -0.368 e. The van der Waals surface area contributed by atoms with Crippen molar-refractivity contribution >= 4 is 35.4 Å². The van der Waals surface area contributed by atoms with Gasteiger partial charge in [-0.1, -0.05) is 6.07 Å². The molecule has 0 aliphatic carbocycles. The van der Waals surface area contributed by atoms with E-state index in [4.69, 9.17) is 11.5 Å². The molecule has 0 radical (unpaired) electrons. The third-order valence-corrected chi connectivity index (χ3v) is 2.38. The van der Waals surface area contributed by atoms with E-state index in [1.54, 1.807) is 17.6 Å². The molecule has 0 atom stereocenters. The molecule has 0 aromatic carbocycles. The highest BCUT2D eigenvalue weighted by Gasteiger charge is 1.99. The second-order valence-corrected chi connectivity index (χ2v) is 3.74. The van der Waals surface area contributed by atoms with Crippen LogP contribution in [-0.2, 0) is 0 Å². The van der Waals surface area contributed by atoms with Crippen LogP contribution >= 0.6 is 11.3 Å². The van der Waals surface area contributed by atoms with Crippen LogP contribution in [-0.4, -0.2) is 21.2 Å². The van der Waals surface area contributed by atoms with Crippen molar-refractivity contribution in [2.45, 2.75) is 0 Å². The van der Waals surface area contributed by atoms with Gasteiger partial charge in [-0.3, -0.25) is 0 Å². The zero-order valence-electron chi connectivity index (χ0n) is 8.16. The molecule has 2 aromatic heterocycles. The van der Waals surface area contributed by atoms with Gasteiger partial charge in [0.1, 0.15) is 0 Å². The van der Waals surface area contributed by atoms with E-state index in [0.29, 0.717) is 0 Å². The maximum atomic E-state index is 5.39. The Hall–Kier alpha value is -2.22. The van der Waals surface area contributed by atoms with Crippen molar-refractivity contribution in [1.29, 1.82) is 0 Å². The van der Waals surface area contributed by atoms with Gasteiger partial charge in [0.05, 0.1) is 6.21 Å². The number of anilines is 3. The quantitative estimate of drug-likeness (QED) is 0.528. The Morgan fingerprint density at radius 3 is 2.62 bits per heavy atom. The van der Waals surface area contributed by atoms with E-state index in [1.807, 2.05) is 17.5 Å². The Morgan fingerprint density at radius 1 is 1.25 bits per heavy atom. The molecule has 2 aromatic rings. The highest BCUT2D eigenvalue weighted by atomic mass is 32.1. The van der Waals surface area contributed by atoms with Gasteiger partial charge in [0, 0.05) is 4.88 Å². The molecule has 5 N–H and O–H groups in total. The summed E-state index contributed by atoms with van der Waals surface area (Å²) < 4.78 is 0. The molecule has 0 amide bonds. The smallest absolute Gasteiger partial charge is 0.250 e. The van der Waals surface area contributed by atoms with Crippen LogP contribution in [0.3, 0.4) is 0 Å². The lowest BCUT2D eigenvalue weighted by Crippen LogP contribution is -2.06. The number of hydrogen-bond acceptors (Lipinski definition) is 8. The third kappa shape index (κ3) is 2.64. The molecule has 0 unspecified atom stereocenters. The molecule has 0 bridgehead atoms. The lowest BCUT2D eigenvalue weighted by Gasteiger charge is -1.99. The van der Waals surface area contributed by atoms with Gasteiger partial charge >= 0.3 is 0 Å². The number of rotatable bonds is 3. The molecule has 7 nitrogen and oxygen atoms in total. The van der Waals surface area contributed by atoms with Crippen LogP contribution in [0.25, 0.3) is 0 Å². The van der Waals surface area contributed by atoms with Gasteiger partial charge in [-0.15, -0.1) is 11.3 Å². The molecule has 0 spiro atoms. The predicted octanol–water partition coefficient (Wildman–Crippen LogP) is 0.543. The fraction of sp³-hybridized carbons (Fsp3) is 0. The van der Waals surface area contributed by atoms with E-state index in [1.165, 1.54) is 0 Å². The van der Waals surface area contributed by atoms with Crippen molar-refractivity contribution < 1.29 is 0 Å². The van der Waals surface area contributed by atoms with Crippen molar-refractivity contribution in [3.63, 3.8) is 0 Å². The maximum Gasteiger partial charge on any atom is 0.250 e. The van der Waals surface area contributed by atoms with E-state index < -0.39 is 0 Å². The first-order chi connectivity index (χ1) is 7.74. The molecule has 8 heteroatoms. The lowest BCUT2D eigenvalue weighted by molar-refractivity contribution is 1.06. The summed E-state index contributed by atoms with van der Waals surface area (Å²) in [6, 6.07) is 3.87. The van der Waals surface area contributed by atoms with Gasteiger partial charge in [-0.25, -0.2) is 5.43 Å². The highest BCUT2D eigenvalue weighted by Crippen LogP contribution is 2.06. The van der Waals surface area contributed by atoms with Crippen LogP contribution in [0.5, 0.6) is 0 Å². The van der Waals surface area contributed by atoms with Crippen molar-refractivity contribution in [1.82, 2.24) is 15.0 Å². The average Bonchev–Trinajstić information content (AvgIpc) is 2.69. The van der Waals surface area contributed by atoms with Crippen LogP contribution in [0.15, 0.2) is 22.6 Å². The van der Waals surface area contributed by atoms with Crippen molar-refractivity contribution in [3.05, 3.63) is 22.4 Å². The number of aromatic nitrogens is 3. The third-order valence-electron chi connectivity index (χ3n) is 1.57. The van der Waals surface area contributed by atoms with Crippen LogP contribution in [0.1, 0.15) is 4.88 Å². The maximum absolute atomic E-state index is 5.39. The lowest BCUT2D eigenvalue weighted by atomic mass is 10.5. The minimum atomic E-state index is 0.0568. The number of nitrogens with two attached hydrogens (primary N) is 2. The number of hydrazone groups is 1. The average molecular weight is 235 g/mol. The normalized spacial score (nSPS) is 10.8. The van der Waals surface area contributed by atoms with E-state index >= 15 is 0 Å². The standard InChI is InChI=1S/C8H9N7S/c9-6-12-7(10)14-8(13-6)15-11-4-5-2-1-3-16-5/h1-4H,(H5,9,10,12,13,14,15)/b11-4+. The second-order valence-electron chi connectivity index (χ2n) is 2.76. The van der Waals surface area contributed by atoms with Gasteiger partial charge in [0.25, 0.3) is 0 Å². The fourth-order valence-electron chi connectivity index (χ4n) is 0.978. The SMILES string of the molecule is Nc1nc(N)nc(N/N=C/c2cccs2)n1. The number of nitrogen functional groups attached to an aromatic ring is 2. The first-order valence-corrected chi connectivity index (χ1v) is 5.21. The van der Waals surface area contributed by atoms with Crippen molar-refractivity contribution in [3.8, 4) is 0 Å². The largest absolute Gasteiger partial charge is 0.368 e. The number of hydrogen-bond donors (Lipinski definition) is 3. The number of thiophene rings is 1. The summed E-state index contributed by atoms with van der Waals surface area (Å²) >= 11 is 1.57. The topological polar surface area (TPSA) is 115 Å². The molecule has 0 aliphatic rings. The van der Waals surface area contributed by atoms with Crippen LogP contribution < -0.4 is 16.9 Å². The van der Waals surface area contributed by atoms with Crippen LogP contribution in [0.2, 0.25) is 0 Å². The molecule has 0 saturated heterocycles. The summed E-state index contributed by atoms with van der Waals surface area (Å²) in [6.07, 6.45) is 1.65. The van der Waals surface area contributed by atoms with Gasteiger partial charge in [-0.05, 0) is 11.4 Å². The minimum absolute atomic E-state index is 0.0568. The first-order valence-electron chi connectivity index (χ1n) is 4.33. The monoisotopic (exact) mass is 235 g/mol. The summed E-state index contributed by atoms with van der Waals surface area (Å²) in [5.41, 5.74) is 13.4. The van der Waals surface area contributed by atoms with Gasteiger partial charge in [0.2, 0.25) is 17.8 Å². The van der Waals surface area contributed by atoms with E-state index in [0.717, 1.165) is 4.88 Å². The summed E-state index contributed by atoms with van der Waals surface area (Å²) in [7, 11) is 0. The van der Waals surface area contributed by atoms with Crippen molar-refractivity contribution in [2.75, 3.05) is 16.9 Å². The molecule has 0 aliphatic heterocycles. The molecule has 82 valence electrons. The van der Waals surface area contributed by atoms with Crippen molar-refractivity contribution in [2.24, 2.45) is 5.10 Å². The van der Waals surface area contributed by atoms with E-state index in [-0.39, 0.29) is 17.8 Å². The summed E-state index contributed by atoms with van der Waals surface area (Å²) in [5, 5.41) is 5.90. The van der Waals surface area contributed by atoms with E-state index in [2.05, 4.69) is 25.5 Å². The Labute approximate surface area is 95.2 Å². The molecule has 2 heterocycles. The van der Waals surface area contributed by atoms with Gasteiger partial charge < -0.3 is 11.5 Å².